The number of hydrogen-bond acceptors (Lipinski definition) is 12. The van der Waals surface area contributed by atoms with Crippen LogP contribution in [0.15, 0.2) is 28.7 Å². The van der Waals surface area contributed by atoms with Crippen LogP contribution in [0.4, 0.5) is 21.0 Å². The lowest BCUT2D eigenvalue weighted by Crippen LogP contribution is -2.41. The topological polar surface area (TPSA) is 137 Å². The van der Waals surface area contributed by atoms with Crippen molar-refractivity contribution in [3.8, 4) is 24.2 Å². The third-order valence-electron chi connectivity index (χ3n) is 13.0. The SMILES string of the molecule is C#CC1CCN(C(=O)OC(C)(C)C)CC1.CCN(c1cc(Br)cc(C(=O)OC)c1C)C1CCOCC1.CCN(c1cc(C#CC2CCN(C(=O)OC(C)(C)C)CC2)cc(C(=O)OC)c1C)C1CCOCC1. The number of benzene rings is 2. The molecule has 0 radical (unpaired) electrons. The van der Waals surface area contributed by atoms with Gasteiger partial charge in [0.2, 0.25) is 0 Å². The third-order valence-corrected chi connectivity index (χ3v) is 13.5. The molecule has 4 aliphatic heterocycles. The lowest BCUT2D eigenvalue weighted by molar-refractivity contribution is 0.0189. The number of methoxy groups -OCH3 is 2. The molecule has 0 bridgehead atoms. The van der Waals surface area contributed by atoms with Gasteiger partial charge in [-0.2, -0.15) is 0 Å². The number of carbonyl (C=O) groups excluding carboxylic acids is 4. The maximum Gasteiger partial charge on any atom is 0.410 e. The monoisotopic (exact) mass is 1050 g/mol. The molecule has 2 aromatic rings. The van der Waals surface area contributed by atoms with Gasteiger partial charge in [-0.3, -0.25) is 0 Å². The van der Waals surface area contributed by atoms with Gasteiger partial charge < -0.3 is 48.0 Å². The van der Waals surface area contributed by atoms with E-state index in [2.05, 4.69) is 69.5 Å². The average Bonchev–Trinajstić information content (AvgIpc) is 3.35. The van der Waals surface area contributed by atoms with E-state index in [9.17, 15) is 19.2 Å². The highest BCUT2D eigenvalue weighted by Gasteiger charge is 2.29. The van der Waals surface area contributed by atoms with E-state index >= 15 is 0 Å². The zero-order valence-corrected chi connectivity index (χ0v) is 46.3. The summed E-state index contributed by atoms with van der Waals surface area (Å²) in [6.45, 7) is 27.1. The van der Waals surface area contributed by atoms with Crippen LogP contribution in [0.25, 0.3) is 0 Å². The summed E-state index contributed by atoms with van der Waals surface area (Å²) >= 11 is 3.51. The van der Waals surface area contributed by atoms with E-state index in [0.29, 0.717) is 55.3 Å². The van der Waals surface area contributed by atoms with Crippen LogP contribution in [0.3, 0.4) is 0 Å². The van der Waals surface area contributed by atoms with Crippen LogP contribution in [-0.2, 0) is 28.4 Å². The van der Waals surface area contributed by atoms with Crippen LogP contribution in [0.1, 0.15) is 144 Å². The molecule has 4 saturated heterocycles. The zero-order chi connectivity index (χ0) is 52.5. The Kier molecular flexibility index (Phi) is 22.9. The number of nitrogens with zero attached hydrogens (tertiary/aromatic N) is 4. The van der Waals surface area contributed by atoms with Crippen molar-refractivity contribution in [2.24, 2.45) is 11.8 Å². The van der Waals surface area contributed by atoms with Gasteiger partial charge in [0, 0.05) is 111 Å². The minimum atomic E-state index is -0.495. The highest BCUT2D eigenvalue weighted by atomic mass is 79.9. The van der Waals surface area contributed by atoms with Crippen molar-refractivity contribution in [2.75, 3.05) is 89.7 Å². The maximum atomic E-state index is 12.6. The molecule has 15 heteroatoms. The molecule has 6 rings (SSSR count). The van der Waals surface area contributed by atoms with Gasteiger partial charge in [-0.05, 0) is 156 Å². The molecule has 2 amide bonds. The molecular formula is C56H81BrN4O10. The smallest absolute Gasteiger partial charge is 0.410 e. The summed E-state index contributed by atoms with van der Waals surface area (Å²) in [6.07, 6.45) is 12.2. The number of halogens is 1. The van der Waals surface area contributed by atoms with Gasteiger partial charge in [-0.1, -0.05) is 27.8 Å². The second kappa shape index (κ2) is 27.8. The van der Waals surface area contributed by atoms with E-state index in [1.54, 1.807) is 9.80 Å². The van der Waals surface area contributed by atoms with E-state index in [-0.39, 0.29) is 30.0 Å². The molecule has 71 heavy (non-hydrogen) atoms. The fourth-order valence-corrected chi connectivity index (χ4v) is 9.64. The molecule has 2 aromatic carbocycles. The van der Waals surface area contributed by atoms with Crippen LogP contribution in [0, 0.1) is 49.9 Å². The van der Waals surface area contributed by atoms with Gasteiger partial charge in [0.1, 0.15) is 11.2 Å². The number of ether oxygens (including phenoxy) is 6. The second-order valence-electron chi connectivity index (χ2n) is 20.4. The van der Waals surface area contributed by atoms with E-state index < -0.39 is 11.2 Å². The number of amides is 2. The highest BCUT2D eigenvalue weighted by molar-refractivity contribution is 9.10. The number of terminal acetylenes is 1. The predicted octanol–water partition coefficient (Wildman–Crippen LogP) is 10.6. The fraction of sp³-hybridized carbons (Fsp3) is 0.643. The first-order chi connectivity index (χ1) is 33.6. The summed E-state index contributed by atoms with van der Waals surface area (Å²) in [5, 5.41) is 0. The molecule has 0 unspecified atom stereocenters. The maximum absolute atomic E-state index is 12.6. The number of likely N-dealkylation sites (tertiary alicyclic amines) is 2. The normalized spacial score (nSPS) is 17.1. The second-order valence-corrected chi connectivity index (χ2v) is 21.3. The van der Waals surface area contributed by atoms with Crippen LogP contribution in [0.5, 0.6) is 0 Å². The molecule has 4 aliphatic rings. The summed E-state index contributed by atoms with van der Waals surface area (Å²) in [4.78, 5) is 56.7. The molecule has 0 aromatic heterocycles. The Morgan fingerprint density at radius 3 is 1.42 bits per heavy atom. The van der Waals surface area contributed by atoms with Crippen LogP contribution in [0.2, 0.25) is 0 Å². The molecule has 0 saturated carbocycles. The Balaban J connectivity index is 0.000000257. The van der Waals surface area contributed by atoms with Gasteiger partial charge in [0.15, 0.2) is 0 Å². The Labute approximate surface area is 433 Å². The quantitative estimate of drug-likeness (QED) is 0.141. The predicted molar refractivity (Wildman–Crippen MR) is 283 cm³/mol. The largest absolute Gasteiger partial charge is 0.465 e. The highest BCUT2D eigenvalue weighted by Crippen LogP contribution is 2.33. The van der Waals surface area contributed by atoms with Crippen LogP contribution in [-0.4, -0.2) is 137 Å². The number of carbonyl (C=O) groups is 4. The Hall–Kier alpha value is -4.96. The molecular weight excluding hydrogens is 969 g/mol. The van der Waals surface area contributed by atoms with Crippen LogP contribution < -0.4 is 9.80 Å². The zero-order valence-electron chi connectivity index (χ0n) is 44.7. The summed E-state index contributed by atoms with van der Waals surface area (Å²) < 4.78 is 32.6. The first-order valence-electron chi connectivity index (χ1n) is 25.4. The van der Waals surface area contributed by atoms with Gasteiger partial charge >= 0.3 is 24.1 Å². The van der Waals surface area contributed by atoms with Gasteiger partial charge in [0.05, 0.1) is 25.3 Å². The standard InChI is InChI=1S/C28H40N2O5.C16H22BrNO3.C12H19NO2/c1-7-30(23-12-16-34-17-13-23)25-19-22(18-24(20(25)2)26(31)33-6)9-8-21-10-14-29(15-11-21)27(32)35-28(3,4)5;1-4-18(13-5-7-21-8-6-13)15-10-12(17)9-14(11(15)2)16(19)20-3;1-5-10-6-8-13(9-7-10)11(14)15-12(2,3)4/h18-19,21,23H,7,10-17H2,1-6H3;9-10,13H,4-8H2,1-3H3;1,10H,6-9H2,2-4H3. The minimum Gasteiger partial charge on any atom is -0.465 e. The third kappa shape index (κ3) is 17.9. The molecule has 4 heterocycles. The number of hydrogen-bond donors (Lipinski definition) is 0. The van der Waals surface area contributed by atoms with E-state index in [0.717, 1.165) is 123 Å². The van der Waals surface area contributed by atoms with Gasteiger partial charge in [0.25, 0.3) is 0 Å². The number of piperidine rings is 2. The molecule has 14 nitrogen and oxygen atoms in total. The van der Waals surface area contributed by atoms with Crippen molar-refractivity contribution < 1.29 is 47.6 Å². The summed E-state index contributed by atoms with van der Waals surface area (Å²) in [5.74, 6) is 9.32. The van der Waals surface area contributed by atoms with Crippen molar-refractivity contribution in [2.45, 2.75) is 144 Å². The van der Waals surface area contributed by atoms with Crippen molar-refractivity contribution in [1.82, 2.24) is 9.80 Å². The lowest BCUT2D eigenvalue weighted by Gasteiger charge is -2.36. The van der Waals surface area contributed by atoms with Crippen molar-refractivity contribution in [1.29, 1.82) is 0 Å². The van der Waals surface area contributed by atoms with Gasteiger partial charge in [-0.25, -0.2) is 19.2 Å². The molecule has 0 spiro atoms. The Morgan fingerprint density at radius 1 is 0.648 bits per heavy atom. The van der Waals surface area contributed by atoms with Crippen LogP contribution >= 0.6 is 15.9 Å². The average molecular weight is 1050 g/mol. The van der Waals surface area contributed by atoms with Gasteiger partial charge in [-0.15, -0.1) is 12.3 Å². The van der Waals surface area contributed by atoms with E-state index in [1.807, 2.05) is 67.5 Å². The number of anilines is 2. The van der Waals surface area contributed by atoms with E-state index in [4.69, 9.17) is 34.8 Å². The Morgan fingerprint density at radius 2 is 1.04 bits per heavy atom. The van der Waals surface area contributed by atoms with Crippen molar-refractivity contribution in [3.63, 3.8) is 0 Å². The lowest BCUT2D eigenvalue weighted by atomic mass is 9.96. The molecule has 0 atom stereocenters. The fourth-order valence-electron chi connectivity index (χ4n) is 9.19. The Bertz CT molecular complexity index is 2190. The first kappa shape index (κ1) is 58.6. The molecule has 0 N–H and O–H groups in total. The summed E-state index contributed by atoms with van der Waals surface area (Å²) in [5.41, 5.74) is 5.09. The minimum absolute atomic E-state index is 0.192. The molecule has 4 fully saturated rings. The summed E-state index contributed by atoms with van der Waals surface area (Å²) in [6, 6.07) is 8.68. The summed E-state index contributed by atoms with van der Waals surface area (Å²) in [7, 11) is 2.83. The van der Waals surface area contributed by atoms with E-state index in [1.165, 1.54) is 14.2 Å². The van der Waals surface area contributed by atoms with Crippen molar-refractivity contribution >= 4 is 51.4 Å². The number of rotatable bonds is 8. The number of esters is 2. The first-order valence-corrected chi connectivity index (χ1v) is 26.2. The van der Waals surface area contributed by atoms with Crippen molar-refractivity contribution in [3.05, 3.63) is 56.6 Å². The molecule has 392 valence electrons. The molecule has 0 aliphatic carbocycles.